The number of amides is 1. The summed E-state index contributed by atoms with van der Waals surface area (Å²) in [7, 11) is 0. The fourth-order valence-electron chi connectivity index (χ4n) is 3.00. The standard InChI is InChI=1S/C19H33NO7S/c1-3-4-5-6-7-8-11-28-19(18(25)26)10-9-14(20-13(2)22)17(27-19)16(24)15(23)12-21/h9-10,14-17,21,23-24H,3-8,11-12H2,1-2H3,(H,20,22)(H,25,26)/t14-,15-,16-,17-,19-/m1/s1. The fraction of sp³-hybridized carbons (Fsp3) is 0.789. The molecule has 0 spiro atoms. The maximum absolute atomic E-state index is 11.9. The number of nitrogens with one attached hydrogen (secondary N) is 1. The van der Waals surface area contributed by atoms with Crippen molar-refractivity contribution in [1.82, 2.24) is 5.32 Å². The van der Waals surface area contributed by atoms with Gasteiger partial charge in [-0.1, -0.05) is 45.1 Å². The number of carboxylic acids is 1. The minimum atomic E-state index is -1.72. The molecule has 1 amide bonds. The van der Waals surface area contributed by atoms with Crippen molar-refractivity contribution >= 4 is 23.6 Å². The van der Waals surface area contributed by atoms with Gasteiger partial charge in [-0.2, -0.15) is 0 Å². The summed E-state index contributed by atoms with van der Waals surface area (Å²) >= 11 is 1.10. The third-order valence-electron chi connectivity index (χ3n) is 4.59. The van der Waals surface area contributed by atoms with Gasteiger partial charge in [0, 0.05) is 6.92 Å². The number of carbonyl (C=O) groups is 2. The second-order valence-electron chi connectivity index (χ2n) is 7.00. The number of carbonyl (C=O) groups excluding carboxylic acids is 1. The lowest BCUT2D eigenvalue weighted by atomic mass is 9.97. The summed E-state index contributed by atoms with van der Waals surface area (Å²) in [6, 6.07) is -0.823. The molecule has 0 aliphatic carbocycles. The molecule has 0 aromatic rings. The normalized spacial score (nSPS) is 26.6. The van der Waals surface area contributed by atoms with Gasteiger partial charge in [-0.25, -0.2) is 4.79 Å². The van der Waals surface area contributed by atoms with Gasteiger partial charge in [0.05, 0.1) is 12.6 Å². The first kappa shape index (κ1) is 24.9. The molecule has 8 nitrogen and oxygen atoms in total. The van der Waals surface area contributed by atoms with Gasteiger partial charge < -0.3 is 30.5 Å². The molecule has 162 valence electrons. The summed E-state index contributed by atoms with van der Waals surface area (Å²) in [6.07, 6.45) is 4.96. The van der Waals surface area contributed by atoms with E-state index in [9.17, 15) is 24.9 Å². The van der Waals surface area contributed by atoms with Crippen LogP contribution in [0.3, 0.4) is 0 Å². The Morgan fingerprint density at radius 1 is 1.21 bits per heavy atom. The molecular weight excluding hydrogens is 386 g/mol. The first-order valence-corrected chi connectivity index (χ1v) is 10.7. The highest BCUT2D eigenvalue weighted by Crippen LogP contribution is 2.36. The van der Waals surface area contributed by atoms with Crippen LogP contribution in [-0.2, 0) is 14.3 Å². The quantitative estimate of drug-likeness (QED) is 0.221. The molecule has 5 atom stereocenters. The van der Waals surface area contributed by atoms with Gasteiger partial charge in [0.2, 0.25) is 10.8 Å². The predicted molar refractivity (Wildman–Crippen MR) is 107 cm³/mol. The molecule has 28 heavy (non-hydrogen) atoms. The van der Waals surface area contributed by atoms with Crippen LogP contribution in [0.5, 0.6) is 0 Å². The van der Waals surface area contributed by atoms with Crippen molar-refractivity contribution in [2.75, 3.05) is 12.4 Å². The molecule has 0 bridgehead atoms. The molecule has 0 saturated heterocycles. The van der Waals surface area contributed by atoms with Gasteiger partial charge in [-0.05, 0) is 18.2 Å². The molecule has 1 aliphatic heterocycles. The van der Waals surface area contributed by atoms with Crippen LogP contribution in [0.4, 0.5) is 0 Å². The van der Waals surface area contributed by atoms with Crippen molar-refractivity contribution in [2.24, 2.45) is 0 Å². The highest BCUT2D eigenvalue weighted by molar-refractivity contribution is 8.01. The number of aliphatic hydroxyl groups excluding tert-OH is 3. The Morgan fingerprint density at radius 2 is 1.86 bits per heavy atom. The Bertz CT molecular complexity index is 530. The summed E-state index contributed by atoms with van der Waals surface area (Å²) in [4.78, 5) is 21.6. The molecule has 1 heterocycles. The number of ether oxygens (including phenoxy) is 1. The van der Waals surface area contributed by atoms with Gasteiger partial charge in [-0.3, -0.25) is 4.79 Å². The van der Waals surface area contributed by atoms with Crippen molar-refractivity contribution in [3.8, 4) is 0 Å². The average molecular weight is 420 g/mol. The number of aliphatic carboxylic acids is 1. The molecule has 1 aliphatic rings. The third-order valence-corrected chi connectivity index (χ3v) is 5.92. The molecule has 0 saturated carbocycles. The van der Waals surface area contributed by atoms with E-state index in [-0.39, 0.29) is 0 Å². The van der Waals surface area contributed by atoms with Crippen LogP contribution < -0.4 is 5.32 Å². The lowest BCUT2D eigenvalue weighted by Gasteiger charge is -2.40. The van der Waals surface area contributed by atoms with Crippen LogP contribution in [0.2, 0.25) is 0 Å². The third kappa shape index (κ3) is 7.36. The molecular formula is C19H33NO7S. The van der Waals surface area contributed by atoms with E-state index in [4.69, 9.17) is 9.84 Å². The first-order valence-electron chi connectivity index (χ1n) is 9.76. The summed E-state index contributed by atoms with van der Waals surface area (Å²) in [5, 5.41) is 41.5. The van der Waals surface area contributed by atoms with E-state index in [2.05, 4.69) is 12.2 Å². The van der Waals surface area contributed by atoms with Crippen molar-refractivity contribution in [3.63, 3.8) is 0 Å². The van der Waals surface area contributed by atoms with E-state index < -0.39 is 47.8 Å². The Labute approximate surface area is 170 Å². The van der Waals surface area contributed by atoms with Crippen LogP contribution >= 0.6 is 11.8 Å². The lowest BCUT2D eigenvalue weighted by molar-refractivity contribution is -0.170. The monoisotopic (exact) mass is 419 g/mol. The predicted octanol–water partition coefficient (Wildman–Crippen LogP) is 1.03. The van der Waals surface area contributed by atoms with Crippen LogP contribution in [0.1, 0.15) is 52.4 Å². The van der Waals surface area contributed by atoms with Crippen molar-refractivity contribution in [3.05, 3.63) is 12.2 Å². The van der Waals surface area contributed by atoms with E-state index in [1.165, 1.54) is 25.5 Å². The van der Waals surface area contributed by atoms with Crippen LogP contribution in [0.25, 0.3) is 0 Å². The zero-order valence-corrected chi connectivity index (χ0v) is 17.4. The lowest BCUT2D eigenvalue weighted by Crippen LogP contribution is -2.59. The van der Waals surface area contributed by atoms with E-state index in [1.807, 2.05) is 0 Å². The molecule has 0 aromatic carbocycles. The topological polar surface area (TPSA) is 136 Å². The average Bonchev–Trinajstić information content (AvgIpc) is 2.66. The summed E-state index contributed by atoms with van der Waals surface area (Å²) in [6.45, 7) is 2.71. The minimum Gasteiger partial charge on any atom is -0.478 e. The van der Waals surface area contributed by atoms with Gasteiger partial charge >= 0.3 is 5.97 Å². The van der Waals surface area contributed by atoms with Crippen LogP contribution in [-0.4, -0.2) is 73.9 Å². The SMILES string of the molecule is CCCCCCCCS[C@@]1(C(=O)O)C=C[C@@H](NC(C)=O)[C@H]([C@H](O)[C@H](O)CO)O1. The van der Waals surface area contributed by atoms with E-state index in [1.54, 1.807) is 0 Å². The minimum absolute atomic E-state index is 0.392. The maximum atomic E-state index is 11.9. The Morgan fingerprint density at radius 3 is 2.43 bits per heavy atom. The number of rotatable bonds is 13. The summed E-state index contributed by atoms with van der Waals surface area (Å²) in [5.41, 5.74) is 0. The van der Waals surface area contributed by atoms with E-state index in [0.29, 0.717) is 5.75 Å². The molecule has 1 rings (SSSR count). The number of carboxylic acid groups (broad SMARTS) is 1. The number of aliphatic hydroxyl groups is 3. The molecule has 0 aromatic heterocycles. The Kier molecular flexibility index (Phi) is 11.1. The summed E-state index contributed by atoms with van der Waals surface area (Å²) in [5.74, 6) is -1.06. The fourth-order valence-corrected chi connectivity index (χ4v) is 4.13. The van der Waals surface area contributed by atoms with Crippen molar-refractivity contribution in [2.45, 2.75) is 81.7 Å². The number of thioether (sulfide) groups is 1. The molecule has 0 radical (unpaired) electrons. The number of hydrogen-bond donors (Lipinski definition) is 5. The number of hydrogen-bond acceptors (Lipinski definition) is 7. The van der Waals surface area contributed by atoms with Gasteiger partial charge in [0.15, 0.2) is 0 Å². The first-order chi connectivity index (χ1) is 13.3. The van der Waals surface area contributed by atoms with Crippen molar-refractivity contribution in [1.29, 1.82) is 0 Å². The maximum Gasteiger partial charge on any atom is 0.350 e. The highest BCUT2D eigenvalue weighted by Gasteiger charge is 2.48. The van der Waals surface area contributed by atoms with Gasteiger partial charge in [0.25, 0.3) is 0 Å². The zero-order chi connectivity index (χ0) is 21.2. The Balaban J connectivity index is 2.84. The summed E-state index contributed by atoms with van der Waals surface area (Å²) < 4.78 is 5.72. The Hall–Kier alpha value is -1.13. The van der Waals surface area contributed by atoms with Gasteiger partial charge in [-0.15, -0.1) is 11.8 Å². The van der Waals surface area contributed by atoms with Gasteiger partial charge in [0.1, 0.15) is 18.3 Å². The smallest absolute Gasteiger partial charge is 0.350 e. The van der Waals surface area contributed by atoms with E-state index in [0.717, 1.165) is 43.9 Å². The van der Waals surface area contributed by atoms with E-state index >= 15 is 0 Å². The molecule has 9 heteroatoms. The molecule has 0 unspecified atom stereocenters. The van der Waals surface area contributed by atoms with Crippen LogP contribution in [0.15, 0.2) is 12.2 Å². The number of unbranched alkanes of at least 4 members (excludes halogenated alkanes) is 5. The molecule has 5 N–H and O–H groups in total. The highest BCUT2D eigenvalue weighted by atomic mass is 32.2. The zero-order valence-electron chi connectivity index (χ0n) is 16.5. The molecule has 0 fully saturated rings. The second-order valence-corrected chi connectivity index (χ2v) is 8.30. The largest absolute Gasteiger partial charge is 0.478 e. The van der Waals surface area contributed by atoms with Crippen molar-refractivity contribution < 1.29 is 34.8 Å². The second kappa shape index (κ2) is 12.4. The van der Waals surface area contributed by atoms with Crippen LogP contribution in [0, 0.1) is 0 Å².